The molecule has 0 atom stereocenters. The van der Waals surface area contributed by atoms with E-state index in [1.54, 1.807) is 24.3 Å². The van der Waals surface area contributed by atoms with Crippen LogP contribution in [0.2, 0.25) is 10.2 Å². The molecule has 1 aliphatic rings. The van der Waals surface area contributed by atoms with Crippen LogP contribution in [0.4, 0.5) is 0 Å². The molecule has 1 aromatic heterocycles. The Hall–Kier alpha value is -1.52. The molecular formula is C15H14Cl2N2O2. The molecule has 0 spiro atoms. The third-order valence-corrected chi connectivity index (χ3v) is 4.78. The van der Waals surface area contributed by atoms with E-state index < -0.39 is 11.2 Å². The minimum Gasteiger partial charge on any atom is -0.297 e. The zero-order chi connectivity index (χ0) is 15.2. The van der Waals surface area contributed by atoms with Gasteiger partial charge in [0, 0.05) is 16.1 Å². The van der Waals surface area contributed by atoms with E-state index in [9.17, 15) is 9.59 Å². The number of H-pyrrole nitrogens is 1. The first kappa shape index (κ1) is 14.4. The highest BCUT2D eigenvalue weighted by Gasteiger charge is 2.37. The lowest BCUT2D eigenvalue weighted by molar-refractivity contribution is 0.156. The van der Waals surface area contributed by atoms with Gasteiger partial charge in [0.25, 0.3) is 5.56 Å². The Morgan fingerprint density at radius 2 is 1.86 bits per heavy atom. The number of rotatable bonds is 2. The number of nitrogens with zero attached hydrogens (tertiary/aromatic N) is 1. The fourth-order valence-corrected chi connectivity index (χ4v) is 3.30. The van der Waals surface area contributed by atoms with Crippen LogP contribution in [0.1, 0.15) is 26.2 Å². The van der Waals surface area contributed by atoms with Crippen LogP contribution in [0.25, 0.3) is 11.1 Å². The van der Waals surface area contributed by atoms with Crippen LogP contribution in [0.15, 0.2) is 33.9 Å². The Balaban J connectivity index is 2.33. The molecular weight excluding hydrogens is 311 g/mol. The monoisotopic (exact) mass is 324 g/mol. The van der Waals surface area contributed by atoms with E-state index in [4.69, 9.17) is 23.2 Å². The van der Waals surface area contributed by atoms with Crippen LogP contribution in [-0.2, 0) is 5.54 Å². The maximum Gasteiger partial charge on any atom is 0.330 e. The molecule has 2 aromatic rings. The lowest BCUT2D eigenvalue weighted by atomic mass is 9.78. The molecule has 0 unspecified atom stereocenters. The van der Waals surface area contributed by atoms with E-state index in [-0.39, 0.29) is 16.3 Å². The molecule has 110 valence electrons. The third-order valence-electron chi connectivity index (χ3n) is 4.17. The number of aromatic nitrogens is 2. The van der Waals surface area contributed by atoms with Gasteiger partial charge in [-0.3, -0.25) is 14.3 Å². The first-order valence-corrected chi connectivity index (χ1v) is 7.50. The fraction of sp³-hybridized carbons (Fsp3) is 0.333. The summed E-state index contributed by atoms with van der Waals surface area (Å²) in [5.74, 6) is 0. The topological polar surface area (TPSA) is 54.9 Å². The Bertz CT molecular complexity index is 819. The molecule has 1 aliphatic carbocycles. The molecule has 21 heavy (non-hydrogen) atoms. The molecule has 1 aromatic carbocycles. The van der Waals surface area contributed by atoms with Crippen molar-refractivity contribution in [1.82, 2.24) is 9.55 Å². The molecule has 0 aliphatic heterocycles. The van der Waals surface area contributed by atoms with Gasteiger partial charge < -0.3 is 0 Å². The van der Waals surface area contributed by atoms with Crippen LogP contribution >= 0.6 is 23.2 Å². The quantitative estimate of drug-likeness (QED) is 0.860. The summed E-state index contributed by atoms with van der Waals surface area (Å²) < 4.78 is 1.28. The maximum atomic E-state index is 12.8. The lowest BCUT2D eigenvalue weighted by Gasteiger charge is -2.39. The van der Waals surface area contributed by atoms with Crippen LogP contribution in [0.5, 0.6) is 0 Å². The number of halogens is 2. The standard InChI is InChI=1S/C15H14Cl2N2O2/c1-15(7-4-8-15)19-13(20)11(12(17)18-14(19)21)9-5-2-3-6-10(9)16/h2-3,5-6H,4,7-8H2,1H3,(H,18,21). The third kappa shape index (κ3) is 2.23. The second-order valence-electron chi connectivity index (χ2n) is 5.59. The summed E-state index contributed by atoms with van der Waals surface area (Å²) in [7, 11) is 0. The van der Waals surface area contributed by atoms with Crippen molar-refractivity contribution < 1.29 is 0 Å². The van der Waals surface area contributed by atoms with Crippen molar-refractivity contribution in [3.05, 3.63) is 55.3 Å². The van der Waals surface area contributed by atoms with Crippen molar-refractivity contribution in [1.29, 1.82) is 0 Å². The molecule has 3 rings (SSSR count). The second-order valence-corrected chi connectivity index (χ2v) is 6.38. The highest BCUT2D eigenvalue weighted by Crippen LogP contribution is 2.37. The van der Waals surface area contributed by atoms with Crippen LogP contribution in [-0.4, -0.2) is 9.55 Å². The van der Waals surface area contributed by atoms with E-state index in [0.29, 0.717) is 10.6 Å². The molecule has 1 fully saturated rings. The Morgan fingerprint density at radius 1 is 1.19 bits per heavy atom. The van der Waals surface area contributed by atoms with Crippen molar-refractivity contribution >= 4 is 23.2 Å². The van der Waals surface area contributed by atoms with Crippen LogP contribution in [0, 0.1) is 0 Å². The van der Waals surface area contributed by atoms with E-state index in [1.807, 2.05) is 6.92 Å². The molecule has 1 saturated carbocycles. The van der Waals surface area contributed by atoms with Crippen LogP contribution in [0.3, 0.4) is 0 Å². The number of benzene rings is 1. The van der Waals surface area contributed by atoms with Gasteiger partial charge in [0.1, 0.15) is 5.15 Å². The van der Waals surface area contributed by atoms with Crippen molar-refractivity contribution in [2.45, 2.75) is 31.7 Å². The highest BCUT2D eigenvalue weighted by molar-refractivity contribution is 6.35. The van der Waals surface area contributed by atoms with Crippen molar-refractivity contribution in [2.24, 2.45) is 0 Å². The Labute approximate surface area is 131 Å². The largest absolute Gasteiger partial charge is 0.330 e. The average Bonchev–Trinajstić information content (AvgIpc) is 2.38. The number of hydrogen-bond donors (Lipinski definition) is 1. The summed E-state index contributed by atoms with van der Waals surface area (Å²) in [6.45, 7) is 1.91. The predicted octanol–water partition coefficient (Wildman–Crippen LogP) is 3.41. The summed E-state index contributed by atoms with van der Waals surface area (Å²) in [5.41, 5.74) is -0.523. The highest BCUT2D eigenvalue weighted by atomic mass is 35.5. The van der Waals surface area contributed by atoms with Gasteiger partial charge in [0.15, 0.2) is 0 Å². The Kier molecular flexibility index (Phi) is 3.46. The minimum atomic E-state index is -0.469. The van der Waals surface area contributed by atoms with Gasteiger partial charge in [-0.05, 0) is 32.3 Å². The lowest BCUT2D eigenvalue weighted by Crippen LogP contribution is -2.51. The molecule has 6 heteroatoms. The average molecular weight is 325 g/mol. The summed E-state index contributed by atoms with van der Waals surface area (Å²) in [6.07, 6.45) is 2.62. The predicted molar refractivity (Wildman–Crippen MR) is 84.3 cm³/mol. The van der Waals surface area contributed by atoms with Gasteiger partial charge in [-0.1, -0.05) is 41.4 Å². The zero-order valence-electron chi connectivity index (χ0n) is 11.5. The molecule has 1 N–H and O–H groups in total. The summed E-state index contributed by atoms with van der Waals surface area (Å²) in [6, 6.07) is 6.96. The molecule has 1 heterocycles. The normalized spacial score (nSPS) is 16.5. The summed E-state index contributed by atoms with van der Waals surface area (Å²) >= 11 is 12.3. The number of aromatic amines is 1. The number of nitrogens with one attached hydrogen (secondary N) is 1. The summed E-state index contributed by atoms with van der Waals surface area (Å²) in [4.78, 5) is 27.5. The van der Waals surface area contributed by atoms with E-state index in [2.05, 4.69) is 4.98 Å². The van der Waals surface area contributed by atoms with Gasteiger partial charge in [-0.25, -0.2) is 4.79 Å². The fourth-order valence-electron chi connectivity index (χ4n) is 2.81. The van der Waals surface area contributed by atoms with Gasteiger partial charge in [0.2, 0.25) is 0 Å². The molecule has 0 amide bonds. The zero-order valence-corrected chi connectivity index (χ0v) is 13.0. The smallest absolute Gasteiger partial charge is 0.297 e. The first-order chi connectivity index (χ1) is 9.94. The van der Waals surface area contributed by atoms with E-state index in [0.717, 1.165) is 19.3 Å². The van der Waals surface area contributed by atoms with Crippen molar-refractivity contribution in [2.75, 3.05) is 0 Å². The second kappa shape index (κ2) is 5.04. The minimum absolute atomic E-state index is 0.0253. The van der Waals surface area contributed by atoms with Gasteiger partial charge in [-0.15, -0.1) is 0 Å². The number of hydrogen-bond acceptors (Lipinski definition) is 2. The van der Waals surface area contributed by atoms with Crippen molar-refractivity contribution in [3.8, 4) is 11.1 Å². The Morgan fingerprint density at radius 3 is 2.43 bits per heavy atom. The maximum absolute atomic E-state index is 12.8. The SMILES string of the molecule is CC1(n2c(=O)[nH]c(Cl)c(-c3ccccc3Cl)c2=O)CCC1. The van der Waals surface area contributed by atoms with E-state index >= 15 is 0 Å². The molecule has 0 radical (unpaired) electrons. The van der Waals surface area contributed by atoms with Gasteiger partial charge in [-0.2, -0.15) is 0 Å². The van der Waals surface area contributed by atoms with E-state index in [1.165, 1.54) is 4.57 Å². The van der Waals surface area contributed by atoms with Crippen molar-refractivity contribution in [3.63, 3.8) is 0 Å². The van der Waals surface area contributed by atoms with Gasteiger partial charge >= 0.3 is 5.69 Å². The van der Waals surface area contributed by atoms with Gasteiger partial charge in [0.05, 0.1) is 5.56 Å². The molecule has 0 saturated heterocycles. The van der Waals surface area contributed by atoms with Crippen LogP contribution < -0.4 is 11.2 Å². The molecule has 0 bridgehead atoms. The summed E-state index contributed by atoms with van der Waals surface area (Å²) in [5, 5.41) is 0.450. The molecule has 4 nitrogen and oxygen atoms in total. The first-order valence-electron chi connectivity index (χ1n) is 6.74.